The lowest BCUT2D eigenvalue weighted by Gasteiger charge is -2.27. The minimum Gasteiger partial charge on any atom is -0.450 e. The number of rotatable bonds is 8. The monoisotopic (exact) mass is 547 g/mol. The summed E-state index contributed by atoms with van der Waals surface area (Å²) in [7, 11) is 0. The van der Waals surface area contributed by atoms with Crippen molar-refractivity contribution >= 4 is 46.6 Å². The molecule has 1 saturated heterocycles. The van der Waals surface area contributed by atoms with E-state index in [-0.39, 0.29) is 28.7 Å². The molecule has 13 heteroatoms. The van der Waals surface area contributed by atoms with E-state index in [4.69, 9.17) is 17.0 Å². The molecule has 2 heterocycles. The Morgan fingerprint density at radius 1 is 1.05 bits per heavy atom. The van der Waals surface area contributed by atoms with Crippen molar-refractivity contribution in [2.45, 2.75) is 13.8 Å². The number of nitrogens with one attached hydrogen (secondary N) is 1. The molecule has 1 N–H and O–H groups in total. The van der Waals surface area contributed by atoms with E-state index in [1.54, 1.807) is 24.3 Å². The molecule has 39 heavy (non-hydrogen) atoms. The molecule has 1 aliphatic heterocycles. The van der Waals surface area contributed by atoms with E-state index in [9.17, 15) is 29.8 Å². The molecule has 1 fully saturated rings. The number of non-ortho nitro benzene ring substituents is 1. The molecule has 12 nitrogen and oxygen atoms in total. The van der Waals surface area contributed by atoms with Gasteiger partial charge in [-0.1, -0.05) is 6.08 Å². The Morgan fingerprint density at radius 2 is 1.74 bits per heavy atom. The van der Waals surface area contributed by atoms with Crippen molar-refractivity contribution < 1.29 is 24.2 Å². The van der Waals surface area contributed by atoms with Crippen molar-refractivity contribution in [3.8, 4) is 17.2 Å². The molecule has 198 valence electrons. The first-order valence-electron chi connectivity index (χ1n) is 11.4. The van der Waals surface area contributed by atoms with Crippen LogP contribution in [0.3, 0.4) is 0 Å². The summed E-state index contributed by atoms with van der Waals surface area (Å²) < 4.78 is 7.54. The van der Waals surface area contributed by atoms with E-state index >= 15 is 0 Å². The highest BCUT2D eigenvalue weighted by molar-refractivity contribution is 7.80. The van der Waals surface area contributed by atoms with E-state index in [2.05, 4.69) is 11.9 Å². The third kappa shape index (κ3) is 5.29. The van der Waals surface area contributed by atoms with Gasteiger partial charge in [-0.15, -0.1) is 6.58 Å². The summed E-state index contributed by atoms with van der Waals surface area (Å²) in [5.41, 5.74) is 1.95. The fraction of sp³-hybridized carbons (Fsp3) is 0.115. The summed E-state index contributed by atoms with van der Waals surface area (Å²) in [6.07, 6.45) is 3.03. The van der Waals surface area contributed by atoms with Crippen LogP contribution in [0.4, 0.5) is 11.4 Å². The molecule has 0 bridgehead atoms. The fourth-order valence-electron chi connectivity index (χ4n) is 4.11. The molecule has 2 amide bonds. The number of nitro groups is 2. The van der Waals surface area contributed by atoms with Crippen LogP contribution in [-0.4, -0.2) is 42.8 Å². The summed E-state index contributed by atoms with van der Waals surface area (Å²) in [6, 6.07) is 11.6. The Bertz CT molecular complexity index is 1590. The minimum atomic E-state index is -0.749. The number of benzene rings is 2. The predicted molar refractivity (Wildman–Crippen MR) is 146 cm³/mol. The second-order valence-electron chi connectivity index (χ2n) is 8.45. The maximum Gasteiger partial charge on any atom is 0.318 e. The third-order valence-electron chi connectivity index (χ3n) is 5.94. The summed E-state index contributed by atoms with van der Waals surface area (Å²) in [5, 5.41) is 24.9. The maximum absolute atomic E-state index is 12.9. The normalized spacial score (nSPS) is 14.4. The molecule has 0 aliphatic carbocycles. The standard InChI is InChI=1S/C26H21N5O7S/c1-4-11-28-25(33)21(24(32)27-26(28)39)13-17-12-15(2)29(16(17)3)18-5-8-20(9-6-18)38-23-10-7-19(30(34)35)14-22(23)31(36)37/h4-10,12-14H,1,11H2,2-3H3,(H,27,32,39)/b21-13+. The lowest BCUT2D eigenvalue weighted by molar-refractivity contribution is -0.394. The maximum atomic E-state index is 12.9. The second kappa shape index (κ2) is 10.7. The van der Waals surface area contributed by atoms with Gasteiger partial charge in [-0.25, -0.2) is 0 Å². The van der Waals surface area contributed by atoms with Gasteiger partial charge in [0.2, 0.25) is 5.75 Å². The van der Waals surface area contributed by atoms with Gasteiger partial charge in [0.25, 0.3) is 17.5 Å². The van der Waals surface area contributed by atoms with E-state index in [0.29, 0.717) is 5.56 Å². The predicted octanol–water partition coefficient (Wildman–Crippen LogP) is 4.52. The van der Waals surface area contributed by atoms with Crippen LogP contribution in [0.25, 0.3) is 11.8 Å². The van der Waals surface area contributed by atoms with Crippen LogP contribution < -0.4 is 10.1 Å². The van der Waals surface area contributed by atoms with Crippen molar-refractivity contribution in [3.05, 3.63) is 104 Å². The molecule has 0 saturated carbocycles. The Balaban J connectivity index is 1.62. The molecule has 0 radical (unpaired) electrons. The molecule has 4 rings (SSSR count). The number of carbonyl (C=O) groups excluding carboxylic acids is 2. The van der Waals surface area contributed by atoms with Crippen LogP contribution in [0.2, 0.25) is 0 Å². The minimum absolute atomic E-state index is 0.0221. The topological polar surface area (TPSA) is 150 Å². The summed E-state index contributed by atoms with van der Waals surface area (Å²) >= 11 is 5.09. The van der Waals surface area contributed by atoms with Gasteiger partial charge >= 0.3 is 5.69 Å². The summed E-state index contributed by atoms with van der Waals surface area (Å²) in [5.74, 6) is -0.962. The number of hydrogen-bond acceptors (Lipinski definition) is 8. The molecule has 1 aromatic heterocycles. The van der Waals surface area contributed by atoms with E-state index < -0.39 is 33.0 Å². The molecule has 2 aromatic carbocycles. The van der Waals surface area contributed by atoms with E-state index in [1.807, 2.05) is 24.5 Å². The zero-order valence-electron chi connectivity index (χ0n) is 20.7. The average molecular weight is 548 g/mol. The number of nitrogens with zero attached hydrogens (tertiary/aromatic N) is 4. The van der Waals surface area contributed by atoms with Crippen LogP contribution in [0.15, 0.2) is 66.8 Å². The van der Waals surface area contributed by atoms with Gasteiger partial charge in [0.05, 0.1) is 15.9 Å². The molecular weight excluding hydrogens is 526 g/mol. The molecule has 0 unspecified atom stereocenters. The van der Waals surface area contributed by atoms with E-state index in [1.165, 1.54) is 23.1 Å². The van der Waals surface area contributed by atoms with Crippen LogP contribution in [0.1, 0.15) is 17.0 Å². The van der Waals surface area contributed by atoms with Crippen LogP contribution >= 0.6 is 12.2 Å². The highest BCUT2D eigenvalue weighted by Crippen LogP contribution is 2.35. The summed E-state index contributed by atoms with van der Waals surface area (Å²) in [6.45, 7) is 7.47. The Morgan fingerprint density at radius 3 is 2.36 bits per heavy atom. The number of thiocarbonyl (C=S) groups is 1. The number of amides is 2. The lowest BCUT2D eigenvalue weighted by Crippen LogP contribution is -2.53. The van der Waals surface area contributed by atoms with Gasteiger partial charge in [0, 0.05) is 29.7 Å². The fourth-order valence-corrected chi connectivity index (χ4v) is 4.36. The number of hydrogen-bond donors (Lipinski definition) is 1. The molecule has 3 aromatic rings. The average Bonchev–Trinajstić information content (AvgIpc) is 3.17. The van der Waals surface area contributed by atoms with Gasteiger partial charge in [0.15, 0.2) is 5.11 Å². The van der Waals surface area contributed by atoms with Crippen molar-refractivity contribution in [2.24, 2.45) is 0 Å². The number of aryl methyl sites for hydroxylation is 1. The van der Waals surface area contributed by atoms with Gasteiger partial charge in [-0.05, 0) is 74.1 Å². The Hall–Kier alpha value is -5.17. The lowest BCUT2D eigenvalue weighted by atomic mass is 10.1. The second-order valence-corrected chi connectivity index (χ2v) is 8.83. The van der Waals surface area contributed by atoms with Crippen molar-refractivity contribution in [1.29, 1.82) is 0 Å². The van der Waals surface area contributed by atoms with Crippen molar-refractivity contribution in [2.75, 3.05) is 6.54 Å². The number of aromatic nitrogens is 1. The zero-order chi connectivity index (χ0) is 28.4. The molecule has 0 atom stereocenters. The van der Waals surface area contributed by atoms with Crippen LogP contribution in [0, 0.1) is 34.1 Å². The first-order valence-corrected chi connectivity index (χ1v) is 11.8. The van der Waals surface area contributed by atoms with Crippen molar-refractivity contribution in [3.63, 3.8) is 0 Å². The van der Waals surface area contributed by atoms with Gasteiger partial charge in [-0.3, -0.25) is 40.0 Å². The quantitative estimate of drug-likeness (QED) is 0.108. The number of ether oxygens (including phenoxy) is 1. The van der Waals surface area contributed by atoms with Crippen LogP contribution in [0.5, 0.6) is 11.5 Å². The van der Waals surface area contributed by atoms with Crippen molar-refractivity contribution in [1.82, 2.24) is 14.8 Å². The highest BCUT2D eigenvalue weighted by Gasteiger charge is 2.33. The zero-order valence-corrected chi connectivity index (χ0v) is 21.6. The Kier molecular flexibility index (Phi) is 7.36. The first kappa shape index (κ1) is 26.9. The van der Waals surface area contributed by atoms with E-state index in [0.717, 1.165) is 29.2 Å². The highest BCUT2D eigenvalue weighted by atomic mass is 32.1. The largest absolute Gasteiger partial charge is 0.450 e. The Labute approximate surface area is 227 Å². The van der Waals surface area contributed by atoms with Crippen LogP contribution in [-0.2, 0) is 9.59 Å². The smallest absolute Gasteiger partial charge is 0.318 e. The number of nitro benzene ring substituents is 2. The molecule has 1 aliphatic rings. The van der Waals surface area contributed by atoms with Gasteiger partial charge in [0.1, 0.15) is 11.3 Å². The van der Waals surface area contributed by atoms with Gasteiger partial charge in [-0.2, -0.15) is 0 Å². The first-order chi connectivity index (χ1) is 18.5. The van der Waals surface area contributed by atoms with Gasteiger partial charge < -0.3 is 9.30 Å². The third-order valence-corrected chi connectivity index (χ3v) is 6.26. The number of carbonyl (C=O) groups is 2. The SMILES string of the molecule is C=CCN1C(=O)/C(=C/c2cc(C)n(-c3ccc(Oc4ccc([N+](=O)[O-])cc4[N+](=O)[O-])cc3)c2C)C(=O)NC1=S. The molecular formula is C26H21N5O7S. The summed E-state index contributed by atoms with van der Waals surface area (Å²) in [4.78, 5) is 47.5. The molecule has 0 spiro atoms.